The van der Waals surface area contributed by atoms with Crippen molar-refractivity contribution in [1.82, 2.24) is 25.3 Å². The van der Waals surface area contributed by atoms with Crippen LogP contribution in [0.4, 0.5) is 0 Å². The SMILES string of the molecule is C=Cc1c(C)c2cc3[nH]c(cc4nc(cc5nc(cc1[nH]2)C(C)=C5CCC(=O)O)C(CCC(=O)NCCC[Si](O[Si](C)(C)C)(O[Si](C)(C)C)O[Si](C)(C)C)=C4C)c(C)c3C=C. The standard InChI is InChI=1S/C46H67N5O6Si4/c1-16-33-29(3)37-25-38-31(5)35(19-21-45(52)47-23-18-24-61(55-58(7,8)9,56-59(10,11)12)57-60(13,14)15)43(50-38)28-44-36(20-22-46(53)54)32(6)40(51-44)27-42-34(17-2)30(4)39(49-42)26-41(33)48-37/h16-17,25-28,48-49H,1-2,18-24H2,3-15H3,(H,47,52)(H,53,54). The molecule has 5 rings (SSSR count). The Hall–Kier alpha value is -4.23. The lowest BCUT2D eigenvalue weighted by atomic mass is 9.98. The zero-order chi connectivity index (χ0) is 45.2. The van der Waals surface area contributed by atoms with E-state index in [9.17, 15) is 14.7 Å². The first kappa shape index (κ1) is 47.8. The number of fused-ring (bicyclic) bond motifs is 8. The maximum Gasteiger partial charge on any atom is 0.469 e. The summed E-state index contributed by atoms with van der Waals surface area (Å²) in [5.74, 6) is -0.930. The molecule has 11 nitrogen and oxygen atoms in total. The van der Waals surface area contributed by atoms with Gasteiger partial charge in [-0.15, -0.1) is 0 Å². The van der Waals surface area contributed by atoms with Crippen molar-refractivity contribution in [3.05, 3.63) is 82.5 Å². The number of allylic oxidation sites excluding steroid dienone is 4. The normalized spacial score (nSPS) is 13.9. The topological polar surface area (TPSA) is 151 Å². The highest BCUT2D eigenvalue weighted by Crippen LogP contribution is 2.38. The van der Waals surface area contributed by atoms with Gasteiger partial charge >= 0.3 is 14.8 Å². The summed E-state index contributed by atoms with van der Waals surface area (Å²) >= 11 is 0. The predicted octanol–water partition coefficient (Wildman–Crippen LogP) is 11.7. The van der Waals surface area contributed by atoms with Gasteiger partial charge in [0.15, 0.2) is 25.0 Å². The lowest BCUT2D eigenvalue weighted by Crippen LogP contribution is -2.60. The molecule has 1 amide bonds. The largest absolute Gasteiger partial charge is 0.481 e. The Balaban J connectivity index is 1.53. The van der Waals surface area contributed by atoms with Crippen molar-refractivity contribution >= 4 is 102 Å². The Morgan fingerprint density at radius 2 is 1.08 bits per heavy atom. The molecule has 3 aromatic rings. The fraction of sp³-hybridized carbons (Fsp3) is 0.435. The molecular weight excluding hydrogens is 831 g/mol. The number of carboxylic acid groups (broad SMARTS) is 1. The van der Waals surface area contributed by atoms with Crippen molar-refractivity contribution in [3.63, 3.8) is 0 Å². The Morgan fingerprint density at radius 1 is 0.656 bits per heavy atom. The highest BCUT2D eigenvalue weighted by molar-refractivity contribution is 6.90. The molecule has 0 saturated heterocycles. The molecule has 0 saturated carbocycles. The highest BCUT2D eigenvalue weighted by atomic mass is 28.5. The van der Waals surface area contributed by atoms with Crippen LogP contribution in [0.1, 0.15) is 91.0 Å². The second-order valence-corrected chi connectivity index (χ2v) is 36.1. The zero-order valence-electron chi connectivity index (χ0n) is 38.7. The minimum atomic E-state index is -3.02. The van der Waals surface area contributed by atoms with Crippen LogP contribution >= 0.6 is 0 Å². The van der Waals surface area contributed by atoms with Crippen molar-refractivity contribution in [2.75, 3.05) is 6.54 Å². The van der Waals surface area contributed by atoms with Gasteiger partial charge in [0.05, 0.1) is 22.8 Å². The molecule has 61 heavy (non-hydrogen) atoms. The molecule has 2 aliphatic heterocycles. The minimum Gasteiger partial charge on any atom is -0.481 e. The van der Waals surface area contributed by atoms with Crippen molar-refractivity contribution in [2.45, 2.75) is 125 Å². The minimum absolute atomic E-state index is 0.0345. The summed E-state index contributed by atoms with van der Waals surface area (Å²) in [5.41, 5.74) is 14.2. The van der Waals surface area contributed by atoms with Crippen LogP contribution in [0.5, 0.6) is 0 Å². The second-order valence-electron chi connectivity index (χ2n) is 19.1. The van der Waals surface area contributed by atoms with Crippen LogP contribution in [0, 0.1) is 13.8 Å². The number of carboxylic acids is 1. The van der Waals surface area contributed by atoms with Gasteiger partial charge in [0.2, 0.25) is 5.91 Å². The number of hydrogen-bond acceptors (Lipinski definition) is 7. The van der Waals surface area contributed by atoms with E-state index in [1.54, 1.807) is 0 Å². The molecule has 8 bridgehead atoms. The number of H-pyrrole nitrogens is 2. The number of aryl methyl sites for hydroxylation is 2. The van der Waals surface area contributed by atoms with Gasteiger partial charge in [-0.3, -0.25) is 9.59 Å². The van der Waals surface area contributed by atoms with Gasteiger partial charge in [0, 0.05) is 58.6 Å². The second kappa shape index (κ2) is 18.6. The number of nitrogens with one attached hydrogen (secondary N) is 3. The Kier molecular flexibility index (Phi) is 14.6. The van der Waals surface area contributed by atoms with Gasteiger partial charge in [-0.1, -0.05) is 25.3 Å². The third kappa shape index (κ3) is 12.0. The van der Waals surface area contributed by atoms with Crippen LogP contribution in [0.15, 0.2) is 37.4 Å². The monoisotopic (exact) mass is 897 g/mol. The Bertz CT molecular complexity index is 2420. The van der Waals surface area contributed by atoms with Gasteiger partial charge in [0.25, 0.3) is 0 Å². The molecule has 0 aromatic carbocycles. The lowest BCUT2D eigenvalue weighted by molar-refractivity contribution is -0.136. The fourth-order valence-electron chi connectivity index (χ4n) is 8.01. The number of aromatic nitrogens is 4. The maximum atomic E-state index is 13.6. The van der Waals surface area contributed by atoms with Crippen molar-refractivity contribution in [1.29, 1.82) is 0 Å². The number of hydrogen-bond donors (Lipinski definition) is 4. The smallest absolute Gasteiger partial charge is 0.469 e. The van der Waals surface area contributed by atoms with Crippen LogP contribution in [0.25, 0.3) is 56.5 Å². The van der Waals surface area contributed by atoms with E-state index < -0.39 is 39.7 Å². The molecule has 328 valence electrons. The number of nitrogens with zero attached hydrogens (tertiary/aromatic N) is 2. The van der Waals surface area contributed by atoms with Crippen LogP contribution in [0.2, 0.25) is 65.0 Å². The molecule has 0 aliphatic carbocycles. The molecule has 0 atom stereocenters. The van der Waals surface area contributed by atoms with E-state index in [4.69, 9.17) is 22.3 Å². The third-order valence-corrected chi connectivity index (χ3v) is 22.6. The number of carbonyl (C=O) groups is 2. The van der Waals surface area contributed by atoms with Crippen LogP contribution in [-0.2, 0) is 21.9 Å². The summed E-state index contributed by atoms with van der Waals surface area (Å²) in [6, 6.07) is 8.77. The predicted molar refractivity (Wildman–Crippen MR) is 263 cm³/mol. The highest BCUT2D eigenvalue weighted by Gasteiger charge is 2.49. The van der Waals surface area contributed by atoms with Gasteiger partial charge in [0.1, 0.15) is 0 Å². The summed E-state index contributed by atoms with van der Waals surface area (Å²) < 4.78 is 20.5. The van der Waals surface area contributed by atoms with Gasteiger partial charge < -0.3 is 32.7 Å². The van der Waals surface area contributed by atoms with E-state index in [0.29, 0.717) is 43.2 Å². The average Bonchev–Trinajstić information content (AvgIpc) is 3.78. The molecule has 0 spiro atoms. The van der Waals surface area contributed by atoms with Gasteiger partial charge in [-0.05, 0) is 164 Å². The van der Waals surface area contributed by atoms with E-state index in [0.717, 1.165) is 78.0 Å². The molecule has 15 heteroatoms. The summed E-state index contributed by atoms with van der Waals surface area (Å²) in [5, 5.41) is 12.9. The molecule has 4 N–H and O–H groups in total. The molecule has 0 fully saturated rings. The molecule has 5 heterocycles. The lowest BCUT2D eigenvalue weighted by Gasteiger charge is -2.43. The number of rotatable bonds is 18. The zero-order valence-corrected chi connectivity index (χ0v) is 42.7. The number of amides is 1. The van der Waals surface area contributed by atoms with Crippen molar-refractivity contribution in [3.8, 4) is 0 Å². The molecular formula is C46H67N5O6Si4. The van der Waals surface area contributed by atoms with Crippen LogP contribution in [-0.4, -0.2) is 77.2 Å². The van der Waals surface area contributed by atoms with E-state index in [1.807, 2.05) is 38.1 Å². The first-order valence-electron chi connectivity index (χ1n) is 21.3. The van der Waals surface area contributed by atoms with E-state index in [2.05, 4.69) is 113 Å². The van der Waals surface area contributed by atoms with E-state index in [1.165, 1.54) is 0 Å². The number of aliphatic carboxylic acids is 1. The quantitative estimate of drug-likeness (QED) is 0.0728. The Labute approximate surface area is 366 Å². The van der Waals surface area contributed by atoms with Crippen molar-refractivity contribution < 1.29 is 27.0 Å². The summed E-state index contributed by atoms with van der Waals surface area (Å²) in [6.07, 6.45) is 5.40. The molecule has 0 radical (unpaired) electrons. The third-order valence-electron chi connectivity index (χ3n) is 10.6. The first-order valence-corrected chi connectivity index (χ1v) is 33.5. The number of carbonyl (C=O) groups excluding carboxylic acids is 1. The first-order chi connectivity index (χ1) is 28.3. The average molecular weight is 898 g/mol. The summed E-state index contributed by atoms with van der Waals surface area (Å²) in [6.45, 7) is 36.5. The van der Waals surface area contributed by atoms with Gasteiger partial charge in [-0.2, -0.15) is 0 Å². The summed E-state index contributed by atoms with van der Waals surface area (Å²) in [4.78, 5) is 42.9. The van der Waals surface area contributed by atoms with Gasteiger partial charge in [-0.25, -0.2) is 9.97 Å². The number of aromatic amines is 2. The van der Waals surface area contributed by atoms with Crippen LogP contribution in [0.3, 0.4) is 0 Å². The van der Waals surface area contributed by atoms with E-state index in [-0.39, 0.29) is 18.7 Å². The molecule has 3 aromatic heterocycles. The maximum absolute atomic E-state index is 13.6. The summed E-state index contributed by atoms with van der Waals surface area (Å²) in [7, 11) is -9.06. The van der Waals surface area contributed by atoms with E-state index >= 15 is 0 Å². The van der Waals surface area contributed by atoms with Crippen molar-refractivity contribution in [2.24, 2.45) is 0 Å². The fourth-order valence-corrected chi connectivity index (χ4v) is 22.7. The van der Waals surface area contributed by atoms with Crippen LogP contribution < -0.4 is 5.32 Å². The molecule has 0 unspecified atom stereocenters. The molecule has 2 aliphatic rings. The Morgan fingerprint density at radius 3 is 1.52 bits per heavy atom.